The second-order valence-electron chi connectivity index (χ2n) is 7.29. The number of H-pyrrole nitrogens is 1. The van der Waals surface area contributed by atoms with Crippen LogP contribution in [0.3, 0.4) is 0 Å². The molecule has 29 heavy (non-hydrogen) atoms. The predicted octanol–water partition coefficient (Wildman–Crippen LogP) is 3.11. The minimum absolute atomic E-state index is 0.0112. The first-order valence-corrected chi connectivity index (χ1v) is 9.24. The topological polar surface area (TPSA) is 107 Å². The van der Waals surface area contributed by atoms with E-state index in [0.717, 1.165) is 27.8 Å². The van der Waals surface area contributed by atoms with Gasteiger partial charge in [0.15, 0.2) is 17.2 Å². The molecular weight excluding hydrogens is 366 g/mol. The van der Waals surface area contributed by atoms with E-state index in [1.807, 2.05) is 64.1 Å². The highest BCUT2D eigenvalue weighted by molar-refractivity contribution is 6.02. The fraction of sp³-hybridized carbons (Fsp3) is 0.182. The maximum Gasteiger partial charge on any atom is 0.332 e. The van der Waals surface area contributed by atoms with Crippen molar-refractivity contribution in [3.63, 3.8) is 0 Å². The minimum Gasteiger partial charge on any atom is -0.364 e. The van der Waals surface area contributed by atoms with Crippen LogP contribution in [-0.4, -0.2) is 25.4 Å². The molecular formula is C22H21N5O2. The van der Waals surface area contributed by atoms with Crippen molar-refractivity contribution < 1.29 is 4.79 Å². The Balaban J connectivity index is 2.05. The number of imidazole rings is 1. The predicted molar refractivity (Wildman–Crippen MR) is 112 cm³/mol. The summed E-state index contributed by atoms with van der Waals surface area (Å²) in [6, 6.07) is 11.5. The Kier molecular flexibility index (Phi) is 4.30. The Hall–Kier alpha value is -3.74. The van der Waals surface area contributed by atoms with E-state index in [1.54, 1.807) is 0 Å². The van der Waals surface area contributed by atoms with Crippen LogP contribution in [0.5, 0.6) is 0 Å². The lowest BCUT2D eigenvalue weighted by Gasteiger charge is -2.09. The van der Waals surface area contributed by atoms with Gasteiger partial charge in [-0.2, -0.15) is 0 Å². The van der Waals surface area contributed by atoms with Gasteiger partial charge in [-0.3, -0.25) is 4.79 Å². The van der Waals surface area contributed by atoms with Gasteiger partial charge in [-0.15, -0.1) is 0 Å². The van der Waals surface area contributed by atoms with E-state index in [4.69, 9.17) is 5.73 Å². The maximum atomic E-state index is 12.7. The van der Waals surface area contributed by atoms with Gasteiger partial charge in [0.2, 0.25) is 0 Å². The van der Waals surface area contributed by atoms with Crippen LogP contribution in [-0.2, 0) is 0 Å². The summed E-state index contributed by atoms with van der Waals surface area (Å²) in [7, 11) is 0. The summed E-state index contributed by atoms with van der Waals surface area (Å²) in [4.78, 5) is 36.5. The second-order valence-corrected chi connectivity index (χ2v) is 7.29. The van der Waals surface area contributed by atoms with Gasteiger partial charge in [0.25, 0.3) is 5.91 Å². The van der Waals surface area contributed by atoms with Crippen molar-refractivity contribution >= 4 is 17.1 Å². The molecule has 0 atom stereocenters. The first-order chi connectivity index (χ1) is 13.8. The van der Waals surface area contributed by atoms with Crippen LogP contribution in [0.25, 0.3) is 28.2 Å². The van der Waals surface area contributed by atoms with Gasteiger partial charge >= 0.3 is 5.69 Å². The summed E-state index contributed by atoms with van der Waals surface area (Å²) < 4.78 is 1.44. The number of aromatic nitrogens is 4. The van der Waals surface area contributed by atoms with Crippen LogP contribution in [0, 0.1) is 27.7 Å². The number of hydrogen-bond donors (Lipinski definition) is 2. The van der Waals surface area contributed by atoms with Crippen LogP contribution in [0.15, 0.2) is 41.2 Å². The third-order valence-electron chi connectivity index (χ3n) is 5.28. The van der Waals surface area contributed by atoms with Crippen molar-refractivity contribution in [1.82, 2.24) is 19.5 Å². The normalized spacial score (nSPS) is 11.2. The molecule has 0 radical (unpaired) electrons. The van der Waals surface area contributed by atoms with Gasteiger partial charge in [-0.1, -0.05) is 18.2 Å². The van der Waals surface area contributed by atoms with Gasteiger partial charge in [-0.05, 0) is 68.1 Å². The van der Waals surface area contributed by atoms with Crippen molar-refractivity contribution in [1.29, 1.82) is 0 Å². The lowest BCUT2D eigenvalue weighted by atomic mass is 10.1. The number of amides is 1. The van der Waals surface area contributed by atoms with E-state index in [2.05, 4.69) is 15.0 Å². The molecule has 0 spiro atoms. The van der Waals surface area contributed by atoms with Crippen LogP contribution < -0.4 is 11.4 Å². The van der Waals surface area contributed by atoms with Crippen molar-refractivity contribution in [3.05, 3.63) is 74.8 Å². The molecule has 7 heteroatoms. The number of hydrogen-bond acceptors (Lipinski definition) is 4. The lowest BCUT2D eigenvalue weighted by molar-refractivity contribution is 0.0997. The molecule has 0 aliphatic heterocycles. The van der Waals surface area contributed by atoms with Crippen LogP contribution in [0.2, 0.25) is 0 Å². The second kappa shape index (κ2) is 6.70. The van der Waals surface area contributed by atoms with Crippen molar-refractivity contribution in [3.8, 4) is 17.1 Å². The first kappa shape index (κ1) is 18.6. The zero-order valence-corrected chi connectivity index (χ0v) is 16.7. The molecule has 0 aliphatic carbocycles. The highest BCUT2D eigenvalue weighted by Gasteiger charge is 2.20. The molecule has 4 aromatic rings. The highest BCUT2D eigenvalue weighted by Crippen LogP contribution is 2.24. The third kappa shape index (κ3) is 3.10. The zero-order chi connectivity index (χ0) is 20.9. The molecule has 4 rings (SSSR count). The van der Waals surface area contributed by atoms with Crippen molar-refractivity contribution in [2.75, 3.05) is 0 Å². The van der Waals surface area contributed by atoms with Crippen LogP contribution in [0.4, 0.5) is 0 Å². The van der Waals surface area contributed by atoms with Crippen molar-refractivity contribution in [2.24, 2.45) is 5.73 Å². The van der Waals surface area contributed by atoms with E-state index in [0.29, 0.717) is 17.2 Å². The molecule has 0 fully saturated rings. The molecule has 0 bridgehead atoms. The molecule has 2 aromatic carbocycles. The summed E-state index contributed by atoms with van der Waals surface area (Å²) in [6.45, 7) is 7.99. The van der Waals surface area contributed by atoms with Gasteiger partial charge in [0.1, 0.15) is 5.52 Å². The van der Waals surface area contributed by atoms with E-state index < -0.39 is 11.6 Å². The minimum atomic E-state index is -0.726. The molecule has 2 aromatic heterocycles. The van der Waals surface area contributed by atoms with Gasteiger partial charge in [0, 0.05) is 5.56 Å². The average Bonchev–Trinajstić information content (AvgIpc) is 3.01. The molecule has 0 unspecified atom stereocenters. The molecule has 2 heterocycles. The molecule has 1 amide bonds. The first-order valence-electron chi connectivity index (χ1n) is 9.24. The highest BCUT2D eigenvalue weighted by atomic mass is 16.2. The SMILES string of the molecule is Cc1ccc(-c2nc(C(N)=O)c3[nH]c(=O)n(-c4ccc(C)c(C)c4)c3n2)cc1C. The lowest BCUT2D eigenvalue weighted by Crippen LogP contribution is -2.15. The van der Waals surface area contributed by atoms with Crippen molar-refractivity contribution in [2.45, 2.75) is 27.7 Å². The molecule has 3 N–H and O–H groups in total. The quantitative estimate of drug-likeness (QED) is 0.563. The Morgan fingerprint density at radius 3 is 2.21 bits per heavy atom. The summed E-state index contributed by atoms with van der Waals surface area (Å²) in [5.41, 5.74) is 11.5. The van der Waals surface area contributed by atoms with E-state index in [-0.39, 0.29) is 11.2 Å². The molecule has 0 saturated carbocycles. The number of aryl methyl sites for hydroxylation is 4. The van der Waals surface area contributed by atoms with E-state index in [9.17, 15) is 9.59 Å². The molecule has 7 nitrogen and oxygen atoms in total. The molecule has 146 valence electrons. The number of rotatable bonds is 3. The van der Waals surface area contributed by atoms with Gasteiger partial charge in [-0.25, -0.2) is 19.3 Å². The Bertz CT molecular complexity index is 1350. The number of carbonyl (C=O) groups is 1. The standard InChI is InChI=1S/C22H21N5O2/c1-11-5-7-15(9-13(11)3)20-24-17(19(23)28)18-21(26-20)27(22(29)25-18)16-8-6-12(2)14(4)10-16/h5-10H,1-4H3,(H2,23,28)(H,25,29). The third-order valence-corrected chi connectivity index (χ3v) is 5.28. The Morgan fingerprint density at radius 2 is 1.59 bits per heavy atom. The number of nitrogens with one attached hydrogen (secondary N) is 1. The summed E-state index contributed by atoms with van der Waals surface area (Å²) in [5, 5.41) is 0. The largest absolute Gasteiger partial charge is 0.364 e. The number of aromatic amines is 1. The van der Waals surface area contributed by atoms with Crippen LogP contribution in [0.1, 0.15) is 32.7 Å². The number of nitrogens with zero attached hydrogens (tertiary/aromatic N) is 3. The smallest absolute Gasteiger partial charge is 0.332 e. The fourth-order valence-electron chi connectivity index (χ4n) is 3.28. The maximum absolute atomic E-state index is 12.7. The average molecular weight is 387 g/mol. The summed E-state index contributed by atoms with van der Waals surface area (Å²) in [5.74, 6) is -0.387. The molecule has 0 aliphatic rings. The fourth-order valence-corrected chi connectivity index (χ4v) is 3.28. The number of carbonyl (C=O) groups excluding carboxylic acids is 1. The van der Waals surface area contributed by atoms with E-state index >= 15 is 0 Å². The molecule has 0 saturated heterocycles. The summed E-state index contributed by atoms with van der Waals surface area (Å²) >= 11 is 0. The van der Waals surface area contributed by atoms with Crippen LogP contribution >= 0.6 is 0 Å². The summed E-state index contributed by atoms with van der Waals surface area (Å²) in [6.07, 6.45) is 0. The Morgan fingerprint density at radius 1 is 0.931 bits per heavy atom. The zero-order valence-electron chi connectivity index (χ0n) is 16.7. The number of nitrogens with two attached hydrogens (primary N) is 1. The number of benzene rings is 2. The number of fused-ring (bicyclic) bond motifs is 1. The number of primary amides is 1. The van der Waals surface area contributed by atoms with Gasteiger partial charge < -0.3 is 10.7 Å². The monoisotopic (exact) mass is 387 g/mol. The Labute approximate surface area is 167 Å². The van der Waals surface area contributed by atoms with E-state index in [1.165, 1.54) is 4.57 Å². The van der Waals surface area contributed by atoms with Gasteiger partial charge in [0.05, 0.1) is 5.69 Å².